The number of nitrogens with zero attached hydrogens (tertiary/aromatic N) is 4. The molecule has 2 aromatic heterocycles. The second kappa shape index (κ2) is 8.59. The number of nitrogens with one attached hydrogen (secondary N) is 2. The maximum absolute atomic E-state index is 14.6. The van der Waals surface area contributed by atoms with Crippen LogP contribution in [0, 0.1) is 5.82 Å². The number of hydrogen-bond acceptors (Lipinski definition) is 8. The lowest BCUT2D eigenvalue weighted by atomic mass is 10.0. The maximum Gasteiger partial charge on any atom is 0.183 e. The Labute approximate surface area is 196 Å². The molecular weight excluding hydrogens is 449 g/mol. The first kappa shape index (κ1) is 22.7. The average molecular weight is 478 g/mol. The number of rotatable bonds is 5. The van der Waals surface area contributed by atoms with Gasteiger partial charge in [0, 0.05) is 36.1 Å². The van der Waals surface area contributed by atoms with E-state index in [9.17, 15) is 4.39 Å². The molecule has 178 valence electrons. The Morgan fingerprint density at radius 1 is 1.42 bits per heavy atom. The molecule has 2 aromatic rings. The Morgan fingerprint density at radius 2 is 2.27 bits per heavy atom. The Balaban J connectivity index is 1.31. The highest BCUT2D eigenvalue weighted by Gasteiger charge is 2.44. The molecule has 3 aliphatic heterocycles. The molecule has 11 heteroatoms. The quantitative estimate of drug-likeness (QED) is 0.549. The fourth-order valence-corrected chi connectivity index (χ4v) is 4.92. The molecule has 5 heterocycles. The minimum absolute atomic E-state index is 0.0175. The highest BCUT2D eigenvalue weighted by molar-refractivity contribution is 6.24. The number of anilines is 1. The molecule has 3 atom stereocenters. The van der Waals surface area contributed by atoms with Crippen LogP contribution in [-0.2, 0) is 9.47 Å². The van der Waals surface area contributed by atoms with Crippen LogP contribution in [0.4, 0.5) is 10.2 Å². The summed E-state index contributed by atoms with van der Waals surface area (Å²) in [4.78, 5) is 18.5. The zero-order valence-electron chi connectivity index (χ0n) is 18.8. The van der Waals surface area contributed by atoms with E-state index in [1.165, 1.54) is 6.20 Å². The summed E-state index contributed by atoms with van der Waals surface area (Å²) in [7, 11) is 0. The number of ether oxygens (including phenoxy) is 2. The first-order valence-corrected chi connectivity index (χ1v) is 11.7. The van der Waals surface area contributed by atoms with Crippen LogP contribution in [0.3, 0.4) is 0 Å². The summed E-state index contributed by atoms with van der Waals surface area (Å²) in [5.41, 5.74) is 7.05. The monoisotopic (exact) mass is 477 g/mol. The number of fused-ring (bicyclic) bond motifs is 1. The van der Waals surface area contributed by atoms with Crippen molar-refractivity contribution in [2.45, 2.75) is 49.6 Å². The molecule has 0 spiro atoms. The number of alkyl halides is 1. The molecule has 3 aliphatic rings. The van der Waals surface area contributed by atoms with E-state index in [1.807, 2.05) is 19.9 Å². The summed E-state index contributed by atoms with van der Waals surface area (Å²) >= 11 is 6.24. The van der Waals surface area contributed by atoms with Crippen molar-refractivity contribution in [1.82, 2.24) is 19.9 Å². The number of hydrogen-bond donors (Lipinski definition) is 3. The van der Waals surface area contributed by atoms with E-state index < -0.39 is 17.3 Å². The fourth-order valence-electron chi connectivity index (χ4n) is 4.73. The van der Waals surface area contributed by atoms with Crippen LogP contribution in [0.2, 0.25) is 0 Å². The minimum atomic E-state index is -0.853. The summed E-state index contributed by atoms with van der Waals surface area (Å²) in [6.45, 7) is 6.71. The molecule has 2 saturated heterocycles. The standard InChI is InChI=1S/C22H29ClFN7O2/c1-21(2)32-12-22(25,33-21)11-31-5-3-4-14(10-31)29-20-17(24)9-28-19(30-20)16-8-27-18-15(16)6-13(23)7-26-18/h6,8-9,13-14H,3-5,7,10-12,25H2,1-2H3,(H,26,27)(H,28,29,30)/t13?,14-,22-/m0/s1. The number of likely N-dealkylation sites (tertiary alicyclic amines) is 1. The molecule has 33 heavy (non-hydrogen) atoms. The third kappa shape index (κ3) is 4.90. The number of halogens is 2. The highest BCUT2D eigenvalue weighted by atomic mass is 35.5. The van der Waals surface area contributed by atoms with Gasteiger partial charge in [-0.25, -0.2) is 14.4 Å². The van der Waals surface area contributed by atoms with Crippen LogP contribution in [0.25, 0.3) is 17.5 Å². The van der Waals surface area contributed by atoms with Gasteiger partial charge >= 0.3 is 0 Å². The van der Waals surface area contributed by atoms with Gasteiger partial charge in [0.2, 0.25) is 0 Å². The van der Waals surface area contributed by atoms with Gasteiger partial charge < -0.3 is 25.5 Å². The normalized spacial score (nSPS) is 29.2. The van der Waals surface area contributed by atoms with Crippen molar-refractivity contribution in [2.24, 2.45) is 10.7 Å². The minimum Gasteiger partial charge on any atom is -0.363 e. The van der Waals surface area contributed by atoms with Crippen molar-refractivity contribution in [3.8, 4) is 11.4 Å². The smallest absolute Gasteiger partial charge is 0.183 e. The summed E-state index contributed by atoms with van der Waals surface area (Å²) in [5, 5.41) is 3.93. The van der Waals surface area contributed by atoms with Crippen LogP contribution in [0.5, 0.6) is 0 Å². The van der Waals surface area contributed by atoms with Gasteiger partial charge in [0.05, 0.1) is 24.7 Å². The lowest BCUT2D eigenvalue weighted by molar-refractivity contribution is -0.164. The van der Waals surface area contributed by atoms with Crippen molar-refractivity contribution < 1.29 is 13.9 Å². The second-order valence-corrected chi connectivity index (χ2v) is 10.0. The second-order valence-electron chi connectivity index (χ2n) is 9.45. The summed E-state index contributed by atoms with van der Waals surface area (Å²) < 4.78 is 26.2. The van der Waals surface area contributed by atoms with E-state index >= 15 is 0 Å². The average Bonchev–Trinajstić information content (AvgIpc) is 3.29. The molecule has 2 fully saturated rings. The number of aromatic nitrogens is 3. The molecule has 5 rings (SSSR count). The Kier molecular flexibility index (Phi) is 5.90. The zero-order chi connectivity index (χ0) is 23.2. The van der Waals surface area contributed by atoms with Gasteiger partial charge in [-0.3, -0.25) is 9.89 Å². The van der Waals surface area contributed by atoms with Gasteiger partial charge in [-0.2, -0.15) is 0 Å². The van der Waals surface area contributed by atoms with Crippen molar-refractivity contribution in [1.29, 1.82) is 0 Å². The van der Waals surface area contributed by atoms with Gasteiger partial charge in [0.25, 0.3) is 0 Å². The maximum atomic E-state index is 14.6. The predicted molar refractivity (Wildman–Crippen MR) is 123 cm³/mol. The first-order chi connectivity index (χ1) is 15.7. The van der Waals surface area contributed by atoms with Crippen molar-refractivity contribution in [3.05, 3.63) is 28.9 Å². The van der Waals surface area contributed by atoms with Crippen molar-refractivity contribution in [3.63, 3.8) is 0 Å². The largest absolute Gasteiger partial charge is 0.363 e. The SMILES string of the molecule is CC1(C)OC[C@](N)(CN2CCC[C@H](Nc3nc(-c4c[nH]c5c4=CC(Cl)CN=5)ncc3F)C2)O1. The molecule has 4 N–H and O–H groups in total. The predicted octanol–water partition coefficient (Wildman–Crippen LogP) is 0.946. The van der Waals surface area contributed by atoms with E-state index in [0.717, 1.165) is 35.7 Å². The highest BCUT2D eigenvalue weighted by Crippen LogP contribution is 2.29. The molecule has 0 bridgehead atoms. The molecular formula is C22H29ClFN7O2. The zero-order valence-corrected chi connectivity index (χ0v) is 19.5. The van der Waals surface area contributed by atoms with Crippen LogP contribution >= 0.6 is 11.6 Å². The first-order valence-electron chi connectivity index (χ1n) is 11.2. The number of piperidine rings is 1. The van der Waals surface area contributed by atoms with E-state index in [2.05, 4.69) is 30.2 Å². The topological polar surface area (TPSA) is 114 Å². The van der Waals surface area contributed by atoms with Crippen LogP contribution in [0.15, 0.2) is 17.4 Å². The number of nitrogens with two attached hydrogens (primary N) is 1. The van der Waals surface area contributed by atoms with Crippen LogP contribution in [0.1, 0.15) is 26.7 Å². The Morgan fingerprint density at radius 3 is 3.06 bits per heavy atom. The number of H-pyrrole nitrogens is 1. The Hall–Kier alpha value is -2.11. The third-order valence-electron chi connectivity index (χ3n) is 6.11. The van der Waals surface area contributed by atoms with Gasteiger partial charge in [-0.1, -0.05) is 6.08 Å². The van der Waals surface area contributed by atoms with Gasteiger partial charge in [-0.05, 0) is 33.2 Å². The Bertz CT molecular complexity index is 1160. The molecule has 0 amide bonds. The lowest BCUT2D eigenvalue weighted by Crippen LogP contribution is -2.56. The summed E-state index contributed by atoms with van der Waals surface area (Å²) in [5.74, 6) is -0.579. The van der Waals surface area contributed by atoms with Crippen molar-refractivity contribution >= 4 is 23.5 Å². The third-order valence-corrected chi connectivity index (χ3v) is 6.37. The van der Waals surface area contributed by atoms with Gasteiger partial charge in [0.15, 0.2) is 29.0 Å². The van der Waals surface area contributed by atoms with Crippen molar-refractivity contribution in [2.75, 3.05) is 38.1 Å². The molecule has 1 unspecified atom stereocenters. The van der Waals surface area contributed by atoms with Crippen LogP contribution in [-0.4, -0.2) is 75.6 Å². The fraction of sp³-hybridized carbons (Fsp3) is 0.591. The molecule has 0 aliphatic carbocycles. The summed E-state index contributed by atoms with van der Waals surface area (Å²) in [6, 6.07) is 0.0175. The van der Waals surface area contributed by atoms with E-state index in [4.69, 9.17) is 26.8 Å². The van der Waals surface area contributed by atoms with E-state index in [0.29, 0.717) is 32.1 Å². The van der Waals surface area contributed by atoms with Gasteiger partial charge in [-0.15, -0.1) is 11.6 Å². The van der Waals surface area contributed by atoms with Gasteiger partial charge in [0.1, 0.15) is 5.49 Å². The summed E-state index contributed by atoms with van der Waals surface area (Å²) in [6.07, 6.45) is 6.76. The van der Waals surface area contributed by atoms with E-state index in [1.54, 1.807) is 6.20 Å². The molecule has 0 saturated carbocycles. The van der Waals surface area contributed by atoms with E-state index in [-0.39, 0.29) is 17.2 Å². The molecule has 0 radical (unpaired) electrons. The molecule has 0 aromatic carbocycles. The lowest BCUT2D eigenvalue weighted by Gasteiger charge is -2.37. The molecule has 9 nitrogen and oxygen atoms in total. The number of aromatic amines is 1. The van der Waals surface area contributed by atoms with Crippen LogP contribution < -0.4 is 21.8 Å².